The molecule has 11 heteroatoms. The van der Waals surface area contributed by atoms with Crippen LogP contribution in [-0.4, -0.2) is 37.0 Å². The Morgan fingerprint density at radius 1 is 1.07 bits per heavy atom. The number of hydrogen-bond acceptors (Lipinski definition) is 10. The summed E-state index contributed by atoms with van der Waals surface area (Å²) in [7, 11) is 1.33. The fourth-order valence-electron chi connectivity index (χ4n) is 5.15. The summed E-state index contributed by atoms with van der Waals surface area (Å²) in [6.45, 7) is 4.03. The van der Waals surface area contributed by atoms with Crippen molar-refractivity contribution >= 4 is 29.4 Å². The van der Waals surface area contributed by atoms with E-state index in [0.717, 1.165) is 6.42 Å². The third-order valence-corrected chi connectivity index (χ3v) is 8.06. The Hall–Kier alpha value is -4.90. The second-order valence-corrected chi connectivity index (χ2v) is 10.8. The van der Waals surface area contributed by atoms with E-state index in [1.807, 2.05) is 19.1 Å². The zero-order valence-electron chi connectivity index (χ0n) is 23.7. The van der Waals surface area contributed by atoms with Gasteiger partial charge in [0.15, 0.2) is 16.3 Å². The average Bonchev–Trinajstić information content (AvgIpc) is 3.76. The molecule has 0 fully saturated rings. The number of aromatic nitrogens is 1. The van der Waals surface area contributed by atoms with E-state index in [-0.39, 0.29) is 19.0 Å². The van der Waals surface area contributed by atoms with Crippen LogP contribution in [0.15, 0.2) is 80.1 Å². The van der Waals surface area contributed by atoms with E-state index in [2.05, 4.69) is 0 Å². The summed E-state index contributed by atoms with van der Waals surface area (Å²) in [5, 5.41) is 0. The topological polar surface area (TPSA) is 119 Å². The minimum atomic E-state index is -0.776. The molecule has 0 bridgehead atoms. The summed E-state index contributed by atoms with van der Waals surface area (Å²) in [5.41, 5.74) is 2.35. The summed E-state index contributed by atoms with van der Waals surface area (Å²) >= 11 is 1.22. The highest BCUT2D eigenvalue weighted by atomic mass is 32.1. The first-order valence-corrected chi connectivity index (χ1v) is 14.6. The maximum Gasteiger partial charge on any atom is 0.338 e. The van der Waals surface area contributed by atoms with Crippen LogP contribution in [0.5, 0.6) is 11.5 Å². The van der Waals surface area contributed by atoms with Gasteiger partial charge in [0.1, 0.15) is 11.5 Å². The number of furan rings is 1. The number of ether oxygens (including phenoxy) is 4. The summed E-state index contributed by atoms with van der Waals surface area (Å²) in [5.74, 6) is 1.14. The molecule has 1 atom stereocenters. The predicted molar refractivity (Wildman–Crippen MR) is 158 cm³/mol. The molecular weight excluding hydrogens is 572 g/mol. The van der Waals surface area contributed by atoms with Gasteiger partial charge in [0, 0.05) is 11.6 Å². The molecule has 0 spiro atoms. The maximum absolute atomic E-state index is 14.0. The number of benzene rings is 2. The molecule has 2 aliphatic rings. The van der Waals surface area contributed by atoms with Crippen molar-refractivity contribution in [3.05, 3.63) is 102 Å². The van der Waals surface area contributed by atoms with Crippen LogP contribution < -0.4 is 24.4 Å². The van der Waals surface area contributed by atoms with Gasteiger partial charge in [-0.3, -0.25) is 9.36 Å². The van der Waals surface area contributed by atoms with Gasteiger partial charge in [0.2, 0.25) is 6.79 Å². The summed E-state index contributed by atoms with van der Waals surface area (Å²) in [6, 6.07) is 15.0. The minimum Gasteiger partial charge on any atom is -0.465 e. The van der Waals surface area contributed by atoms with Crippen LogP contribution in [0.25, 0.3) is 17.4 Å². The number of rotatable bonds is 8. The highest BCUT2D eigenvalue weighted by Gasteiger charge is 2.35. The first kappa shape index (κ1) is 28.2. The normalized spacial score (nSPS) is 15.7. The predicted octanol–water partition coefficient (Wildman–Crippen LogP) is 4.35. The molecule has 2 aliphatic heterocycles. The number of thiazole rings is 1. The quantitative estimate of drug-likeness (QED) is 0.274. The number of esters is 2. The lowest BCUT2D eigenvalue weighted by molar-refractivity contribution is -0.139. The van der Waals surface area contributed by atoms with Crippen LogP contribution in [0.2, 0.25) is 0 Å². The molecule has 0 amide bonds. The Bertz CT molecular complexity index is 1950. The van der Waals surface area contributed by atoms with Crippen molar-refractivity contribution in [3.63, 3.8) is 0 Å². The maximum atomic E-state index is 14.0. The zero-order valence-corrected chi connectivity index (χ0v) is 24.6. The molecule has 1 unspecified atom stereocenters. The number of allylic oxidation sites excluding steroid dienone is 1. The van der Waals surface area contributed by atoms with Crippen molar-refractivity contribution in [2.45, 2.75) is 32.7 Å². The SMILES string of the molecule is CCCC1=C(C(=O)OCC)C(c2ccc3c(c2)OCO3)n2c(s/c(=C\c3ccc(-c4cccc(C(=O)OC)c4)o3)c2=O)=N1. The van der Waals surface area contributed by atoms with Gasteiger partial charge in [-0.05, 0) is 55.3 Å². The van der Waals surface area contributed by atoms with E-state index in [9.17, 15) is 14.4 Å². The lowest BCUT2D eigenvalue weighted by Crippen LogP contribution is -2.40. The van der Waals surface area contributed by atoms with Crippen LogP contribution in [0, 0.1) is 0 Å². The number of carbonyl (C=O) groups excluding carboxylic acids is 2. The van der Waals surface area contributed by atoms with Gasteiger partial charge in [-0.15, -0.1) is 0 Å². The monoisotopic (exact) mass is 600 g/mol. The van der Waals surface area contributed by atoms with Crippen molar-refractivity contribution in [1.29, 1.82) is 0 Å². The molecule has 4 aromatic rings. The molecule has 6 rings (SSSR count). The fraction of sp³-hybridized carbons (Fsp3) is 0.250. The highest BCUT2D eigenvalue weighted by molar-refractivity contribution is 7.07. The van der Waals surface area contributed by atoms with Gasteiger partial charge in [-0.25, -0.2) is 14.6 Å². The molecule has 0 N–H and O–H groups in total. The van der Waals surface area contributed by atoms with Crippen molar-refractivity contribution < 1.29 is 33.0 Å². The minimum absolute atomic E-state index is 0.0985. The molecule has 0 aliphatic carbocycles. The summed E-state index contributed by atoms with van der Waals surface area (Å²) < 4.78 is 29.3. The number of fused-ring (bicyclic) bond motifs is 2. The van der Waals surface area contributed by atoms with Gasteiger partial charge in [-0.1, -0.05) is 42.9 Å². The molecule has 0 saturated carbocycles. The zero-order chi connectivity index (χ0) is 30.1. The van der Waals surface area contributed by atoms with Crippen LogP contribution in [0.3, 0.4) is 0 Å². The smallest absolute Gasteiger partial charge is 0.338 e. The number of methoxy groups -OCH3 is 1. The summed E-state index contributed by atoms with van der Waals surface area (Å²) in [4.78, 5) is 44.6. The van der Waals surface area contributed by atoms with Crippen LogP contribution in [0.4, 0.5) is 0 Å². The third kappa shape index (κ3) is 5.27. The van der Waals surface area contributed by atoms with Crippen molar-refractivity contribution in [3.8, 4) is 22.8 Å². The van der Waals surface area contributed by atoms with Gasteiger partial charge in [0.05, 0.1) is 41.1 Å². The fourth-order valence-corrected chi connectivity index (χ4v) is 6.15. The Labute approximate surface area is 250 Å². The van der Waals surface area contributed by atoms with E-state index in [0.29, 0.717) is 66.7 Å². The lowest BCUT2D eigenvalue weighted by atomic mass is 9.94. The van der Waals surface area contributed by atoms with Crippen LogP contribution in [-0.2, 0) is 14.3 Å². The van der Waals surface area contributed by atoms with Gasteiger partial charge >= 0.3 is 11.9 Å². The Morgan fingerprint density at radius 3 is 2.70 bits per heavy atom. The molecule has 2 aromatic heterocycles. The van der Waals surface area contributed by atoms with E-state index >= 15 is 0 Å². The third-order valence-electron chi connectivity index (χ3n) is 7.07. The summed E-state index contributed by atoms with van der Waals surface area (Å²) in [6.07, 6.45) is 2.94. The van der Waals surface area contributed by atoms with Gasteiger partial charge < -0.3 is 23.4 Å². The molecule has 43 heavy (non-hydrogen) atoms. The molecule has 10 nitrogen and oxygen atoms in total. The standard InChI is InChI=1S/C32H28N2O8S/c1-4-7-22-27(31(37)39-5-2)28(19-10-12-24-25(15-19)41-17-40-24)34-29(35)26(43-32(34)33-22)16-21-11-13-23(42-21)18-8-6-9-20(14-18)30(36)38-3/h6,8-16,28H,4-5,7,17H2,1-3H3/b26-16-. The molecule has 0 radical (unpaired) electrons. The van der Waals surface area contributed by atoms with Crippen LogP contribution in [0.1, 0.15) is 54.4 Å². The molecule has 2 aromatic carbocycles. The Balaban J connectivity index is 1.47. The van der Waals surface area contributed by atoms with Gasteiger partial charge in [-0.2, -0.15) is 0 Å². The van der Waals surface area contributed by atoms with E-state index in [1.54, 1.807) is 55.5 Å². The Morgan fingerprint density at radius 2 is 1.91 bits per heavy atom. The molecule has 0 saturated heterocycles. The Kier molecular flexibility index (Phi) is 7.73. The van der Waals surface area contributed by atoms with Crippen molar-refractivity contribution in [2.75, 3.05) is 20.5 Å². The first-order valence-electron chi connectivity index (χ1n) is 13.8. The van der Waals surface area contributed by atoms with Gasteiger partial charge in [0.25, 0.3) is 5.56 Å². The number of nitrogens with zero attached hydrogens (tertiary/aromatic N) is 2. The second kappa shape index (κ2) is 11.8. The largest absolute Gasteiger partial charge is 0.465 e. The van der Waals surface area contributed by atoms with Crippen molar-refractivity contribution in [2.24, 2.45) is 4.99 Å². The van der Waals surface area contributed by atoms with E-state index in [1.165, 1.54) is 23.0 Å². The first-order chi connectivity index (χ1) is 20.9. The second-order valence-electron chi connectivity index (χ2n) is 9.80. The van der Waals surface area contributed by atoms with E-state index in [4.69, 9.17) is 28.4 Å². The van der Waals surface area contributed by atoms with E-state index < -0.39 is 18.0 Å². The number of carbonyl (C=O) groups is 2. The van der Waals surface area contributed by atoms with Crippen LogP contribution >= 0.6 is 11.3 Å². The molecule has 220 valence electrons. The number of hydrogen-bond donors (Lipinski definition) is 0. The lowest BCUT2D eigenvalue weighted by Gasteiger charge is -2.25. The van der Waals surface area contributed by atoms with Crippen molar-refractivity contribution in [1.82, 2.24) is 4.57 Å². The highest BCUT2D eigenvalue weighted by Crippen LogP contribution is 2.39. The molecule has 4 heterocycles. The average molecular weight is 601 g/mol. The molecular formula is C32H28N2O8S.